The Balaban J connectivity index is 1.97. The minimum Gasteiger partial charge on any atom is -0.342 e. The quantitative estimate of drug-likeness (QED) is 0.866. The van der Waals surface area contributed by atoms with Crippen molar-refractivity contribution in [3.8, 4) is 0 Å². The Labute approximate surface area is 119 Å². The Morgan fingerprint density at radius 2 is 1.65 bits per heavy atom. The van der Waals surface area contributed by atoms with Crippen molar-refractivity contribution in [2.75, 3.05) is 18.8 Å². The van der Waals surface area contributed by atoms with Crippen LogP contribution in [0.2, 0.25) is 0 Å². The number of amides is 1. The standard InChI is InChI=1S/C14H20N2O3S/c15-9-12-3-5-13(6-4-12)10-20(18,19)11-14(17)16-7-1-2-8-16/h3-6H,1-2,7-11,15H2. The van der Waals surface area contributed by atoms with Crippen LogP contribution in [0.4, 0.5) is 0 Å². The van der Waals surface area contributed by atoms with Gasteiger partial charge < -0.3 is 10.6 Å². The molecule has 0 spiro atoms. The normalized spacial score (nSPS) is 15.6. The maximum atomic E-state index is 12.0. The first-order valence-electron chi connectivity index (χ1n) is 6.76. The van der Waals surface area contributed by atoms with Gasteiger partial charge in [-0.15, -0.1) is 0 Å². The predicted octanol–water partition coefficient (Wildman–Crippen LogP) is 0.682. The van der Waals surface area contributed by atoms with Crippen LogP contribution < -0.4 is 5.73 Å². The van der Waals surface area contributed by atoms with Gasteiger partial charge in [0.05, 0.1) is 5.75 Å². The lowest BCUT2D eigenvalue weighted by atomic mass is 10.1. The van der Waals surface area contributed by atoms with Crippen molar-refractivity contribution < 1.29 is 13.2 Å². The Hall–Kier alpha value is -1.40. The van der Waals surface area contributed by atoms with E-state index in [1.807, 2.05) is 12.1 Å². The Bertz CT molecular complexity index is 561. The predicted molar refractivity (Wildman–Crippen MR) is 77.6 cm³/mol. The van der Waals surface area contributed by atoms with Crippen molar-refractivity contribution in [3.63, 3.8) is 0 Å². The molecule has 0 bridgehead atoms. The van der Waals surface area contributed by atoms with Gasteiger partial charge in [0.1, 0.15) is 5.75 Å². The third-order valence-corrected chi connectivity index (χ3v) is 4.91. The van der Waals surface area contributed by atoms with Crippen LogP contribution in [0.15, 0.2) is 24.3 Å². The van der Waals surface area contributed by atoms with Gasteiger partial charge >= 0.3 is 0 Å². The molecule has 2 rings (SSSR count). The van der Waals surface area contributed by atoms with E-state index < -0.39 is 15.6 Å². The molecule has 1 aromatic rings. The number of nitrogens with two attached hydrogens (primary N) is 1. The zero-order valence-corrected chi connectivity index (χ0v) is 12.2. The summed E-state index contributed by atoms with van der Waals surface area (Å²) in [6.07, 6.45) is 1.93. The van der Waals surface area contributed by atoms with Crippen LogP contribution in [0.25, 0.3) is 0 Å². The first kappa shape index (κ1) is 15.0. The second-order valence-corrected chi connectivity index (χ2v) is 7.21. The van der Waals surface area contributed by atoms with Crippen LogP contribution in [0, 0.1) is 0 Å². The number of carbonyl (C=O) groups excluding carboxylic acids is 1. The van der Waals surface area contributed by atoms with Crippen LogP contribution in [-0.4, -0.2) is 38.1 Å². The monoisotopic (exact) mass is 296 g/mol. The largest absolute Gasteiger partial charge is 0.342 e. The van der Waals surface area contributed by atoms with Gasteiger partial charge in [-0.25, -0.2) is 8.42 Å². The number of likely N-dealkylation sites (tertiary alicyclic amines) is 1. The summed E-state index contributed by atoms with van der Waals surface area (Å²) in [4.78, 5) is 13.5. The van der Waals surface area contributed by atoms with E-state index >= 15 is 0 Å². The average Bonchev–Trinajstić information content (AvgIpc) is 2.92. The van der Waals surface area contributed by atoms with Gasteiger partial charge in [0, 0.05) is 19.6 Å². The van der Waals surface area contributed by atoms with Crippen LogP contribution in [-0.2, 0) is 26.9 Å². The maximum Gasteiger partial charge on any atom is 0.237 e. The topological polar surface area (TPSA) is 80.5 Å². The van der Waals surface area contributed by atoms with Crippen molar-refractivity contribution >= 4 is 15.7 Å². The van der Waals surface area contributed by atoms with Crippen molar-refractivity contribution in [1.29, 1.82) is 0 Å². The van der Waals surface area contributed by atoms with Gasteiger partial charge in [0.15, 0.2) is 9.84 Å². The molecule has 0 unspecified atom stereocenters. The second-order valence-electron chi connectivity index (χ2n) is 5.14. The Morgan fingerprint density at radius 3 is 2.20 bits per heavy atom. The zero-order chi connectivity index (χ0) is 14.6. The first-order valence-corrected chi connectivity index (χ1v) is 8.58. The molecule has 1 aromatic carbocycles. The fraction of sp³-hybridized carbons (Fsp3) is 0.500. The van der Waals surface area contributed by atoms with E-state index in [9.17, 15) is 13.2 Å². The molecule has 1 saturated heterocycles. The molecule has 1 amide bonds. The summed E-state index contributed by atoms with van der Waals surface area (Å²) in [6.45, 7) is 1.79. The third kappa shape index (κ3) is 4.05. The first-order chi connectivity index (χ1) is 9.50. The van der Waals surface area contributed by atoms with Gasteiger partial charge in [-0.1, -0.05) is 24.3 Å². The summed E-state index contributed by atoms with van der Waals surface area (Å²) in [5.74, 6) is -0.774. The van der Waals surface area contributed by atoms with E-state index in [0.29, 0.717) is 25.2 Å². The molecule has 1 aliphatic rings. The number of carbonyl (C=O) groups is 1. The molecule has 0 radical (unpaired) electrons. The van der Waals surface area contributed by atoms with Gasteiger partial charge in [0.25, 0.3) is 0 Å². The zero-order valence-electron chi connectivity index (χ0n) is 11.4. The summed E-state index contributed by atoms with van der Waals surface area (Å²) in [6, 6.07) is 7.13. The fourth-order valence-electron chi connectivity index (χ4n) is 2.32. The highest BCUT2D eigenvalue weighted by atomic mass is 32.2. The molecule has 5 nitrogen and oxygen atoms in total. The summed E-state index contributed by atoms with van der Waals surface area (Å²) < 4.78 is 24.1. The van der Waals surface area contributed by atoms with Crippen LogP contribution in [0.5, 0.6) is 0 Å². The lowest BCUT2D eigenvalue weighted by Gasteiger charge is -2.15. The molecule has 2 N–H and O–H groups in total. The number of hydrogen-bond donors (Lipinski definition) is 1. The highest BCUT2D eigenvalue weighted by Gasteiger charge is 2.24. The SMILES string of the molecule is NCc1ccc(CS(=O)(=O)CC(=O)N2CCCC2)cc1. The van der Waals surface area contributed by atoms with E-state index in [4.69, 9.17) is 5.73 Å². The molecule has 0 aromatic heterocycles. The van der Waals surface area contributed by atoms with E-state index in [-0.39, 0.29) is 11.7 Å². The van der Waals surface area contributed by atoms with E-state index in [2.05, 4.69) is 0 Å². The Kier molecular flexibility index (Phi) is 4.77. The minimum atomic E-state index is -3.41. The van der Waals surface area contributed by atoms with Crippen molar-refractivity contribution in [2.24, 2.45) is 5.73 Å². The molecule has 1 fully saturated rings. The third-order valence-electron chi connectivity index (χ3n) is 3.45. The molecule has 0 aliphatic carbocycles. The minimum absolute atomic E-state index is 0.0998. The lowest BCUT2D eigenvalue weighted by molar-refractivity contribution is -0.127. The maximum absolute atomic E-state index is 12.0. The van der Waals surface area contributed by atoms with Crippen molar-refractivity contribution in [3.05, 3.63) is 35.4 Å². The molecular weight excluding hydrogens is 276 g/mol. The van der Waals surface area contributed by atoms with Crippen molar-refractivity contribution in [1.82, 2.24) is 4.90 Å². The molecule has 110 valence electrons. The van der Waals surface area contributed by atoms with Gasteiger partial charge in [-0.3, -0.25) is 4.79 Å². The Morgan fingerprint density at radius 1 is 1.10 bits per heavy atom. The number of nitrogens with zero attached hydrogens (tertiary/aromatic N) is 1. The van der Waals surface area contributed by atoms with E-state index in [0.717, 1.165) is 18.4 Å². The second kappa shape index (κ2) is 6.37. The van der Waals surface area contributed by atoms with Gasteiger partial charge in [-0.05, 0) is 24.0 Å². The van der Waals surface area contributed by atoms with Crippen LogP contribution in [0.1, 0.15) is 24.0 Å². The summed E-state index contributed by atoms with van der Waals surface area (Å²) in [5, 5.41) is 0. The van der Waals surface area contributed by atoms with Crippen LogP contribution in [0.3, 0.4) is 0 Å². The molecular formula is C14H20N2O3S. The molecule has 0 saturated carbocycles. The molecule has 1 aliphatic heterocycles. The van der Waals surface area contributed by atoms with Gasteiger partial charge in [-0.2, -0.15) is 0 Å². The number of hydrogen-bond acceptors (Lipinski definition) is 4. The lowest BCUT2D eigenvalue weighted by Crippen LogP contribution is -2.33. The van der Waals surface area contributed by atoms with E-state index in [1.54, 1.807) is 17.0 Å². The number of sulfone groups is 1. The fourth-order valence-corrected chi connectivity index (χ4v) is 3.68. The highest BCUT2D eigenvalue weighted by molar-refractivity contribution is 7.91. The molecule has 1 heterocycles. The number of benzene rings is 1. The van der Waals surface area contributed by atoms with Gasteiger partial charge in [0.2, 0.25) is 5.91 Å². The molecule has 20 heavy (non-hydrogen) atoms. The summed E-state index contributed by atoms with van der Waals surface area (Å²) in [7, 11) is -3.41. The van der Waals surface area contributed by atoms with E-state index in [1.165, 1.54) is 0 Å². The molecule has 6 heteroatoms. The average molecular weight is 296 g/mol. The highest BCUT2D eigenvalue weighted by Crippen LogP contribution is 2.12. The smallest absolute Gasteiger partial charge is 0.237 e. The summed E-state index contributed by atoms with van der Waals surface area (Å²) in [5.41, 5.74) is 7.14. The van der Waals surface area contributed by atoms with Crippen molar-refractivity contribution in [2.45, 2.75) is 25.1 Å². The number of rotatable bonds is 5. The summed E-state index contributed by atoms with van der Waals surface area (Å²) >= 11 is 0. The molecule has 0 atom stereocenters. The van der Waals surface area contributed by atoms with Crippen LogP contribution >= 0.6 is 0 Å².